The summed E-state index contributed by atoms with van der Waals surface area (Å²) in [7, 11) is 1.34. The van der Waals surface area contributed by atoms with E-state index in [1.54, 1.807) is 6.07 Å². The van der Waals surface area contributed by atoms with Gasteiger partial charge in [0, 0.05) is 9.50 Å². The summed E-state index contributed by atoms with van der Waals surface area (Å²) < 4.78 is 7.65. The van der Waals surface area contributed by atoms with E-state index < -0.39 is 5.97 Å². The number of hydrogen-bond donors (Lipinski definition) is 0. The zero-order valence-corrected chi connectivity index (χ0v) is 15.8. The number of ether oxygens (including phenoxy) is 1. The number of carbonyl (C=O) groups excluding carboxylic acids is 1. The van der Waals surface area contributed by atoms with Crippen molar-refractivity contribution in [1.82, 2.24) is 14.5 Å². The summed E-state index contributed by atoms with van der Waals surface area (Å²) in [5.74, 6) is 0.341. The minimum atomic E-state index is -0.466. The number of fused-ring (bicyclic) bond motifs is 1. The van der Waals surface area contributed by atoms with Crippen molar-refractivity contribution in [1.29, 1.82) is 0 Å². The van der Waals surface area contributed by atoms with E-state index >= 15 is 0 Å². The third-order valence-electron chi connectivity index (χ3n) is 3.82. The van der Waals surface area contributed by atoms with Crippen molar-refractivity contribution in [3.8, 4) is 0 Å². The van der Waals surface area contributed by atoms with E-state index in [0.29, 0.717) is 17.2 Å². The second-order valence-electron chi connectivity index (χ2n) is 5.47. The van der Waals surface area contributed by atoms with E-state index in [0.717, 1.165) is 26.9 Å². The molecule has 0 aliphatic heterocycles. The standard InChI is InChI=1S/C17H15BrClN3O2/c1-9-6-14(17(23)24-3)21-16-15(9)20-10(2)22(16)8-11-4-5-12(18)7-13(11)19/h4-7H,8H2,1-3H3. The van der Waals surface area contributed by atoms with Crippen LogP contribution in [-0.4, -0.2) is 27.6 Å². The Bertz CT molecular complexity index is 953. The normalized spacial score (nSPS) is 11.0. The third kappa shape index (κ3) is 3.03. The number of aryl methyl sites for hydroxylation is 2. The lowest BCUT2D eigenvalue weighted by atomic mass is 10.2. The van der Waals surface area contributed by atoms with Crippen molar-refractivity contribution in [3.63, 3.8) is 0 Å². The molecule has 0 spiro atoms. The summed E-state index contributed by atoms with van der Waals surface area (Å²) in [5.41, 5.74) is 3.51. The lowest BCUT2D eigenvalue weighted by molar-refractivity contribution is 0.0594. The highest BCUT2D eigenvalue weighted by Crippen LogP contribution is 2.25. The number of methoxy groups -OCH3 is 1. The highest BCUT2D eigenvalue weighted by molar-refractivity contribution is 9.10. The number of hydrogen-bond acceptors (Lipinski definition) is 4. The fourth-order valence-corrected chi connectivity index (χ4v) is 3.30. The van der Waals surface area contributed by atoms with Gasteiger partial charge in [0.2, 0.25) is 0 Å². The fourth-order valence-electron chi connectivity index (χ4n) is 2.57. The Balaban J connectivity index is 2.14. The molecule has 24 heavy (non-hydrogen) atoms. The van der Waals surface area contributed by atoms with Gasteiger partial charge in [0.1, 0.15) is 11.3 Å². The van der Waals surface area contributed by atoms with Crippen molar-refractivity contribution in [2.24, 2.45) is 0 Å². The van der Waals surface area contributed by atoms with Gasteiger partial charge in [-0.15, -0.1) is 0 Å². The Hall–Kier alpha value is -1.92. The van der Waals surface area contributed by atoms with Gasteiger partial charge in [0.25, 0.3) is 0 Å². The van der Waals surface area contributed by atoms with Crippen LogP contribution in [0.2, 0.25) is 5.02 Å². The maximum Gasteiger partial charge on any atom is 0.356 e. The molecule has 0 amide bonds. The summed E-state index contributed by atoms with van der Waals surface area (Å²) in [6.45, 7) is 4.33. The molecule has 0 radical (unpaired) electrons. The highest BCUT2D eigenvalue weighted by atomic mass is 79.9. The molecular formula is C17H15BrClN3O2. The van der Waals surface area contributed by atoms with Gasteiger partial charge in [0.15, 0.2) is 11.3 Å². The van der Waals surface area contributed by atoms with Gasteiger partial charge in [-0.1, -0.05) is 33.6 Å². The first-order valence-corrected chi connectivity index (χ1v) is 8.44. The molecule has 0 saturated carbocycles. The van der Waals surface area contributed by atoms with Gasteiger partial charge in [-0.05, 0) is 43.2 Å². The molecule has 0 atom stereocenters. The van der Waals surface area contributed by atoms with E-state index in [2.05, 4.69) is 25.9 Å². The van der Waals surface area contributed by atoms with E-state index in [1.165, 1.54) is 7.11 Å². The lowest BCUT2D eigenvalue weighted by Gasteiger charge is -2.09. The molecular weight excluding hydrogens is 394 g/mol. The summed E-state index contributed by atoms with van der Waals surface area (Å²) in [6.07, 6.45) is 0. The number of aromatic nitrogens is 3. The van der Waals surface area contributed by atoms with Crippen molar-refractivity contribution in [2.75, 3.05) is 7.11 Å². The first kappa shape index (κ1) is 16.9. The average molecular weight is 409 g/mol. The summed E-state index contributed by atoms with van der Waals surface area (Å²) in [5, 5.41) is 0.659. The van der Waals surface area contributed by atoms with Crippen LogP contribution in [0.25, 0.3) is 11.2 Å². The first-order valence-electron chi connectivity index (χ1n) is 7.27. The van der Waals surface area contributed by atoms with E-state index in [9.17, 15) is 4.79 Å². The Morgan fingerprint density at radius 3 is 2.71 bits per heavy atom. The summed E-state index contributed by atoms with van der Waals surface area (Å²) in [4.78, 5) is 20.9. The number of benzene rings is 1. The van der Waals surface area contributed by atoms with Crippen LogP contribution >= 0.6 is 27.5 Å². The summed E-state index contributed by atoms with van der Waals surface area (Å²) >= 11 is 9.73. The minimum Gasteiger partial charge on any atom is -0.464 e. The Labute approximate surface area is 152 Å². The Kier molecular flexibility index (Phi) is 4.60. The Morgan fingerprint density at radius 2 is 2.04 bits per heavy atom. The molecule has 7 heteroatoms. The van der Waals surface area contributed by atoms with Crippen LogP contribution in [0.5, 0.6) is 0 Å². The van der Waals surface area contributed by atoms with Crippen molar-refractivity contribution >= 4 is 44.7 Å². The molecule has 0 N–H and O–H groups in total. The maximum absolute atomic E-state index is 11.8. The van der Waals surface area contributed by atoms with Crippen LogP contribution in [0.3, 0.4) is 0 Å². The number of halogens is 2. The smallest absolute Gasteiger partial charge is 0.356 e. The number of rotatable bonds is 3. The van der Waals surface area contributed by atoms with Crippen LogP contribution in [0.4, 0.5) is 0 Å². The van der Waals surface area contributed by atoms with Crippen LogP contribution in [0.15, 0.2) is 28.7 Å². The predicted octanol–water partition coefficient (Wildman–Crippen LogP) is 4.30. The molecule has 124 valence electrons. The van der Waals surface area contributed by atoms with Gasteiger partial charge in [-0.3, -0.25) is 0 Å². The van der Waals surface area contributed by atoms with Crippen LogP contribution in [0.1, 0.15) is 27.4 Å². The largest absolute Gasteiger partial charge is 0.464 e. The van der Waals surface area contributed by atoms with Crippen LogP contribution in [-0.2, 0) is 11.3 Å². The molecule has 0 fully saturated rings. The zero-order chi connectivity index (χ0) is 17.4. The maximum atomic E-state index is 11.8. The number of nitrogens with zero attached hydrogens (tertiary/aromatic N) is 3. The van der Waals surface area contributed by atoms with Gasteiger partial charge in [-0.2, -0.15) is 0 Å². The molecule has 5 nitrogen and oxygen atoms in total. The highest BCUT2D eigenvalue weighted by Gasteiger charge is 2.17. The van der Waals surface area contributed by atoms with E-state index in [1.807, 2.05) is 36.6 Å². The van der Waals surface area contributed by atoms with Gasteiger partial charge >= 0.3 is 5.97 Å². The molecule has 0 bridgehead atoms. The molecule has 0 saturated heterocycles. The minimum absolute atomic E-state index is 0.269. The summed E-state index contributed by atoms with van der Waals surface area (Å²) in [6, 6.07) is 7.43. The second kappa shape index (κ2) is 6.53. The van der Waals surface area contributed by atoms with Crippen molar-refractivity contribution in [2.45, 2.75) is 20.4 Å². The van der Waals surface area contributed by atoms with Gasteiger partial charge in [0.05, 0.1) is 13.7 Å². The number of imidazole rings is 1. The average Bonchev–Trinajstić information content (AvgIpc) is 2.86. The van der Waals surface area contributed by atoms with E-state index in [4.69, 9.17) is 16.3 Å². The zero-order valence-electron chi connectivity index (χ0n) is 13.4. The molecule has 3 rings (SSSR count). The quantitative estimate of drug-likeness (QED) is 0.606. The van der Waals surface area contributed by atoms with Gasteiger partial charge in [-0.25, -0.2) is 14.8 Å². The van der Waals surface area contributed by atoms with Crippen molar-refractivity contribution in [3.05, 3.63) is 56.4 Å². The van der Waals surface area contributed by atoms with Crippen molar-refractivity contribution < 1.29 is 9.53 Å². The predicted molar refractivity (Wildman–Crippen MR) is 96.6 cm³/mol. The molecule has 3 aromatic rings. The number of carbonyl (C=O) groups is 1. The molecule has 0 unspecified atom stereocenters. The SMILES string of the molecule is COC(=O)c1cc(C)c2nc(C)n(Cc3ccc(Br)cc3Cl)c2n1. The fraction of sp³-hybridized carbons (Fsp3) is 0.235. The van der Waals surface area contributed by atoms with Crippen LogP contribution < -0.4 is 0 Å². The Morgan fingerprint density at radius 1 is 1.29 bits per heavy atom. The third-order valence-corrected chi connectivity index (χ3v) is 4.67. The van der Waals surface area contributed by atoms with Gasteiger partial charge < -0.3 is 9.30 Å². The molecule has 0 aliphatic rings. The molecule has 1 aromatic carbocycles. The molecule has 2 heterocycles. The second-order valence-corrected chi connectivity index (χ2v) is 6.79. The molecule has 0 aliphatic carbocycles. The first-order chi connectivity index (χ1) is 11.4. The lowest BCUT2D eigenvalue weighted by Crippen LogP contribution is -2.08. The topological polar surface area (TPSA) is 57.0 Å². The van der Waals surface area contributed by atoms with E-state index in [-0.39, 0.29) is 5.69 Å². The van der Waals surface area contributed by atoms with Crippen LogP contribution in [0, 0.1) is 13.8 Å². The number of pyridine rings is 1. The number of esters is 1. The molecule has 2 aromatic heterocycles. The monoisotopic (exact) mass is 407 g/mol.